The summed E-state index contributed by atoms with van der Waals surface area (Å²) in [6.45, 7) is 3.67. The summed E-state index contributed by atoms with van der Waals surface area (Å²) >= 11 is 0. The van der Waals surface area contributed by atoms with Gasteiger partial charge in [0, 0.05) is 6.92 Å². The Balaban J connectivity index is 2.10. The van der Waals surface area contributed by atoms with Crippen molar-refractivity contribution in [3.63, 3.8) is 0 Å². The number of amides is 1. The first kappa shape index (κ1) is 14.5. The summed E-state index contributed by atoms with van der Waals surface area (Å²) in [7, 11) is 0. The van der Waals surface area contributed by atoms with Crippen LogP contribution in [-0.4, -0.2) is 32.7 Å². The van der Waals surface area contributed by atoms with Crippen LogP contribution in [-0.2, 0) is 4.79 Å². The van der Waals surface area contributed by atoms with Crippen LogP contribution in [0.3, 0.4) is 0 Å². The first-order chi connectivity index (χ1) is 9.47. The summed E-state index contributed by atoms with van der Waals surface area (Å²) in [5.41, 5.74) is -1.21. The molecule has 2 rings (SSSR count). The number of rotatable bonds is 4. The van der Waals surface area contributed by atoms with Gasteiger partial charge in [-0.3, -0.25) is 4.79 Å². The summed E-state index contributed by atoms with van der Waals surface area (Å²) in [6.07, 6.45) is 3.50. The Morgan fingerprint density at radius 3 is 2.55 bits per heavy atom. The zero-order valence-electron chi connectivity index (χ0n) is 11.7. The molecule has 1 amide bonds. The second-order valence-corrected chi connectivity index (χ2v) is 5.33. The Hall–Kier alpha value is -1.92. The van der Waals surface area contributed by atoms with E-state index in [9.17, 15) is 14.7 Å². The molecule has 1 aromatic heterocycles. The van der Waals surface area contributed by atoms with Crippen LogP contribution in [0.15, 0.2) is 4.52 Å². The maximum atomic E-state index is 12.0. The van der Waals surface area contributed by atoms with Gasteiger partial charge < -0.3 is 14.9 Å². The van der Waals surface area contributed by atoms with Crippen LogP contribution in [0.4, 0.5) is 0 Å². The third kappa shape index (κ3) is 2.81. The Bertz CT molecular complexity index is 503. The predicted octanol–water partition coefficient (Wildman–Crippen LogP) is 1.53. The lowest BCUT2D eigenvalue weighted by atomic mass is 9.75. The molecule has 1 fully saturated rings. The molecule has 20 heavy (non-hydrogen) atoms. The number of carboxylic acids is 1. The quantitative estimate of drug-likeness (QED) is 0.867. The molecule has 0 spiro atoms. The van der Waals surface area contributed by atoms with Crippen molar-refractivity contribution in [1.29, 1.82) is 0 Å². The molecule has 1 heterocycles. The summed E-state index contributed by atoms with van der Waals surface area (Å²) in [6, 6.07) is 0. The number of carbonyl (C=O) groups is 2. The number of hydrogen-bond acceptors (Lipinski definition) is 5. The van der Waals surface area contributed by atoms with E-state index in [2.05, 4.69) is 22.4 Å². The van der Waals surface area contributed by atoms with Gasteiger partial charge in [0.05, 0.1) is 0 Å². The molecule has 7 nitrogen and oxygen atoms in total. The first-order valence-corrected chi connectivity index (χ1v) is 6.83. The third-order valence-electron chi connectivity index (χ3n) is 4.03. The van der Waals surface area contributed by atoms with Gasteiger partial charge in [0.25, 0.3) is 11.7 Å². The number of hydrogen-bond donors (Lipinski definition) is 2. The maximum absolute atomic E-state index is 12.0. The van der Waals surface area contributed by atoms with Crippen LogP contribution in [0.1, 0.15) is 55.5 Å². The summed E-state index contributed by atoms with van der Waals surface area (Å²) in [5, 5.41) is 15.6. The average Bonchev–Trinajstić information content (AvgIpc) is 2.86. The van der Waals surface area contributed by atoms with Gasteiger partial charge in [0.1, 0.15) is 5.54 Å². The van der Waals surface area contributed by atoms with Crippen LogP contribution in [0, 0.1) is 12.8 Å². The highest BCUT2D eigenvalue weighted by molar-refractivity contribution is 5.95. The standard InChI is InChI=1S/C13H19N3O4/c1-3-9-4-6-13(7-5-9,12(18)19)15-11(17)10-14-8(2)20-16-10/h9H,3-7H2,1-2H3,(H,15,17)(H,18,19). The maximum Gasteiger partial charge on any atom is 0.329 e. The minimum atomic E-state index is -1.21. The summed E-state index contributed by atoms with van der Waals surface area (Å²) in [4.78, 5) is 27.4. The molecular weight excluding hydrogens is 262 g/mol. The fraction of sp³-hybridized carbons (Fsp3) is 0.692. The molecular formula is C13H19N3O4. The van der Waals surface area contributed by atoms with E-state index in [4.69, 9.17) is 4.52 Å². The minimum absolute atomic E-state index is 0.124. The third-order valence-corrected chi connectivity index (χ3v) is 4.03. The fourth-order valence-corrected chi connectivity index (χ4v) is 2.64. The zero-order chi connectivity index (χ0) is 14.8. The van der Waals surface area contributed by atoms with Crippen LogP contribution >= 0.6 is 0 Å². The SMILES string of the molecule is CCC1CCC(NC(=O)c2noc(C)n2)(C(=O)O)CC1. The monoisotopic (exact) mass is 281 g/mol. The predicted molar refractivity (Wildman–Crippen MR) is 69.1 cm³/mol. The minimum Gasteiger partial charge on any atom is -0.480 e. The molecule has 1 aromatic rings. The van der Waals surface area contributed by atoms with Crippen molar-refractivity contribution in [2.45, 2.75) is 51.5 Å². The number of aliphatic carboxylic acids is 1. The molecule has 1 saturated carbocycles. The Morgan fingerprint density at radius 2 is 2.10 bits per heavy atom. The largest absolute Gasteiger partial charge is 0.480 e. The van der Waals surface area contributed by atoms with Crippen LogP contribution < -0.4 is 5.32 Å². The molecule has 2 N–H and O–H groups in total. The second kappa shape index (κ2) is 5.60. The molecule has 110 valence electrons. The van der Waals surface area contributed by atoms with Crippen molar-refractivity contribution < 1.29 is 19.2 Å². The number of carboxylic acid groups (broad SMARTS) is 1. The fourth-order valence-electron chi connectivity index (χ4n) is 2.64. The van der Waals surface area contributed by atoms with E-state index in [1.54, 1.807) is 6.92 Å². The number of nitrogens with one attached hydrogen (secondary N) is 1. The highest BCUT2D eigenvalue weighted by atomic mass is 16.5. The van der Waals surface area contributed by atoms with Crippen molar-refractivity contribution >= 4 is 11.9 Å². The van der Waals surface area contributed by atoms with Gasteiger partial charge in [0.2, 0.25) is 5.89 Å². The van der Waals surface area contributed by atoms with Gasteiger partial charge in [-0.05, 0) is 31.6 Å². The molecule has 0 bridgehead atoms. The summed E-state index contributed by atoms with van der Waals surface area (Å²) in [5.74, 6) is -0.915. The van der Waals surface area contributed by atoms with Crippen molar-refractivity contribution in [3.8, 4) is 0 Å². The van der Waals surface area contributed by atoms with Crippen molar-refractivity contribution in [1.82, 2.24) is 15.5 Å². The molecule has 7 heteroatoms. The van der Waals surface area contributed by atoms with E-state index < -0.39 is 17.4 Å². The molecule has 0 unspecified atom stereocenters. The van der Waals surface area contributed by atoms with Crippen molar-refractivity contribution in [3.05, 3.63) is 11.7 Å². The highest BCUT2D eigenvalue weighted by Gasteiger charge is 2.43. The lowest BCUT2D eigenvalue weighted by Crippen LogP contribution is -2.56. The summed E-state index contributed by atoms with van der Waals surface area (Å²) < 4.78 is 4.73. The van der Waals surface area contributed by atoms with E-state index in [1.165, 1.54) is 0 Å². The Morgan fingerprint density at radius 1 is 1.45 bits per heavy atom. The normalized spacial score (nSPS) is 26.2. The Kier molecular flexibility index (Phi) is 4.06. The Labute approximate surface area is 116 Å². The molecule has 0 radical (unpaired) electrons. The van der Waals surface area contributed by atoms with Gasteiger partial charge in [0.15, 0.2) is 0 Å². The van der Waals surface area contributed by atoms with Crippen molar-refractivity contribution in [2.75, 3.05) is 0 Å². The van der Waals surface area contributed by atoms with Gasteiger partial charge in [-0.15, -0.1) is 0 Å². The molecule has 0 aromatic carbocycles. The lowest BCUT2D eigenvalue weighted by Gasteiger charge is -2.36. The molecule has 0 saturated heterocycles. The number of aryl methyl sites for hydroxylation is 1. The number of carbonyl (C=O) groups excluding carboxylic acids is 1. The van der Waals surface area contributed by atoms with Gasteiger partial charge in [-0.25, -0.2) is 4.79 Å². The number of aromatic nitrogens is 2. The van der Waals surface area contributed by atoms with Gasteiger partial charge >= 0.3 is 5.97 Å². The smallest absolute Gasteiger partial charge is 0.329 e. The topological polar surface area (TPSA) is 105 Å². The van der Waals surface area contributed by atoms with E-state index in [1.807, 2.05) is 0 Å². The zero-order valence-corrected chi connectivity index (χ0v) is 11.7. The molecule has 0 atom stereocenters. The average molecular weight is 281 g/mol. The van der Waals surface area contributed by atoms with Crippen LogP contribution in [0.5, 0.6) is 0 Å². The van der Waals surface area contributed by atoms with E-state index in [0.29, 0.717) is 18.8 Å². The van der Waals surface area contributed by atoms with E-state index >= 15 is 0 Å². The van der Waals surface area contributed by atoms with E-state index in [-0.39, 0.29) is 11.7 Å². The van der Waals surface area contributed by atoms with Crippen molar-refractivity contribution in [2.24, 2.45) is 5.92 Å². The molecule has 0 aliphatic heterocycles. The van der Waals surface area contributed by atoms with Gasteiger partial charge in [-0.2, -0.15) is 4.98 Å². The number of nitrogens with zero attached hydrogens (tertiary/aromatic N) is 2. The molecule has 1 aliphatic carbocycles. The second-order valence-electron chi connectivity index (χ2n) is 5.33. The van der Waals surface area contributed by atoms with Crippen LogP contribution in [0.25, 0.3) is 0 Å². The van der Waals surface area contributed by atoms with E-state index in [0.717, 1.165) is 19.3 Å². The van der Waals surface area contributed by atoms with Crippen LogP contribution in [0.2, 0.25) is 0 Å². The van der Waals surface area contributed by atoms with Gasteiger partial charge in [-0.1, -0.05) is 18.5 Å². The molecule has 1 aliphatic rings. The first-order valence-electron chi connectivity index (χ1n) is 6.83. The highest BCUT2D eigenvalue weighted by Crippen LogP contribution is 2.34. The lowest BCUT2D eigenvalue weighted by molar-refractivity contribution is -0.146.